The van der Waals surface area contributed by atoms with Gasteiger partial charge in [-0.25, -0.2) is 8.78 Å². The Morgan fingerprint density at radius 1 is 1.00 bits per heavy atom. The Bertz CT molecular complexity index is 539. The van der Waals surface area contributed by atoms with Gasteiger partial charge in [-0.2, -0.15) is 0 Å². The zero-order valence-electron chi connectivity index (χ0n) is 11.2. The molecule has 2 unspecified atom stereocenters. The third-order valence-corrected chi connectivity index (χ3v) is 3.25. The second-order valence-electron chi connectivity index (χ2n) is 4.69. The van der Waals surface area contributed by atoms with E-state index in [-0.39, 0.29) is 18.2 Å². The predicted octanol–water partition coefficient (Wildman–Crippen LogP) is 3.35. The van der Waals surface area contributed by atoms with Crippen LogP contribution in [0.25, 0.3) is 0 Å². The lowest BCUT2D eigenvalue weighted by atomic mass is 10.1. The quantitative estimate of drug-likeness (QED) is 0.878. The van der Waals surface area contributed by atoms with Crippen LogP contribution in [0.2, 0.25) is 0 Å². The number of aliphatic hydroxyl groups is 1. The van der Waals surface area contributed by atoms with E-state index in [1.54, 1.807) is 0 Å². The molecule has 0 heterocycles. The summed E-state index contributed by atoms with van der Waals surface area (Å²) in [6.45, 7) is 2.01. The summed E-state index contributed by atoms with van der Waals surface area (Å²) in [6.07, 6.45) is -1.22. The highest BCUT2D eigenvalue weighted by Gasteiger charge is 2.18. The summed E-state index contributed by atoms with van der Waals surface area (Å²) >= 11 is 0. The topological polar surface area (TPSA) is 32.3 Å². The van der Waals surface area contributed by atoms with Crippen LogP contribution in [0.15, 0.2) is 48.5 Å². The number of rotatable bonds is 5. The summed E-state index contributed by atoms with van der Waals surface area (Å²) in [5.41, 5.74) is 0.758. The summed E-state index contributed by atoms with van der Waals surface area (Å²) in [5.74, 6) is -1.46. The van der Waals surface area contributed by atoms with E-state index < -0.39 is 17.7 Å². The first kappa shape index (κ1) is 14.6. The fourth-order valence-electron chi connectivity index (χ4n) is 2.08. The molecule has 0 aromatic heterocycles. The van der Waals surface area contributed by atoms with Crippen LogP contribution in [0, 0.1) is 11.6 Å². The Morgan fingerprint density at radius 3 is 2.20 bits per heavy atom. The summed E-state index contributed by atoms with van der Waals surface area (Å²) in [6, 6.07) is 13.2. The van der Waals surface area contributed by atoms with Crippen molar-refractivity contribution < 1.29 is 13.9 Å². The van der Waals surface area contributed by atoms with Crippen LogP contribution >= 0.6 is 0 Å². The molecule has 106 valence electrons. The van der Waals surface area contributed by atoms with Gasteiger partial charge in [-0.1, -0.05) is 36.4 Å². The van der Waals surface area contributed by atoms with Crippen LogP contribution in [0.1, 0.15) is 30.2 Å². The molecule has 2 atom stereocenters. The van der Waals surface area contributed by atoms with Gasteiger partial charge in [0.1, 0.15) is 11.6 Å². The minimum Gasteiger partial charge on any atom is -0.387 e. The molecule has 0 saturated heterocycles. The molecule has 0 fully saturated rings. The predicted molar refractivity (Wildman–Crippen MR) is 74.2 cm³/mol. The van der Waals surface area contributed by atoms with Crippen molar-refractivity contribution in [3.8, 4) is 0 Å². The van der Waals surface area contributed by atoms with Gasteiger partial charge in [0.2, 0.25) is 0 Å². The summed E-state index contributed by atoms with van der Waals surface area (Å²) < 4.78 is 27.0. The Kier molecular flexibility index (Phi) is 4.82. The lowest BCUT2D eigenvalue weighted by Gasteiger charge is -2.18. The highest BCUT2D eigenvalue weighted by atomic mass is 19.1. The molecule has 2 nitrogen and oxygen atoms in total. The summed E-state index contributed by atoms with van der Waals surface area (Å²) in [7, 11) is 0. The largest absolute Gasteiger partial charge is 0.387 e. The highest BCUT2D eigenvalue weighted by Crippen LogP contribution is 2.21. The molecule has 0 aliphatic rings. The van der Waals surface area contributed by atoms with Crippen LogP contribution in [0.3, 0.4) is 0 Å². The molecule has 2 N–H and O–H groups in total. The van der Waals surface area contributed by atoms with Crippen molar-refractivity contribution in [3.05, 3.63) is 71.3 Å². The van der Waals surface area contributed by atoms with E-state index >= 15 is 0 Å². The first-order valence-corrected chi connectivity index (χ1v) is 6.50. The molecule has 2 aromatic carbocycles. The normalized spacial score (nSPS) is 14.0. The van der Waals surface area contributed by atoms with Gasteiger partial charge in [0.05, 0.1) is 11.7 Å². The van der Waals surface area contributed by atoms with E-state index in [9.17, 15) is 13.9 Å². The maximum absolute atomic E-state index is 13.5. The second-order valence-corrected chi connectivity index (χ2v) is 4.69. The van der Waals surface area contributed by atoms with Gasteiger partial charge >= 0.3 is 0 Å². The monoisotopic (exact) mass is 277 g/mol. The molecule has 0 saturated carbocycles. The van der Waals surface area contributed by atoms with Gasteiger partial charge in [-0.15, -0.1) is 0 Å². The average Bonchev–Trinajstić information content (AvgIpc) is 2.45. The lowest BCUT2D eigenvalue weighted by Crippen LogP contribution is -2.25. The van der Waals surface area contributed by atoms with Crippen molar-refractivity contribution >= 4 is 0 Å². The summed E-state index contributed by atoms with van der Waals surface area (Å²) in [4.78, 5) is 0. The van der Waals surface area contributed by atoms with Crippen molar-refractivity contribution in [2.24, 2.45) is 0 Å². The molecule has 0 amide bonds. The number of hydrogen-bond donors (Lipinski definition) is 2. The number of aliphatic hydroxyl groups excluding tert-OH is 1. The zero-order valence-corrected chi connectivity index (χ0v) is 11.2. The van der Waals surface area contributed by atoms with Crippen LogP contribution in [-0.2, 0) is 0 Å². The van der Waals surface area contributed by atoms with E-state index in [1.165, 1.54) is 6.07 Å². The molecule has 0 bridgehead atoms. The first-order chi connectivity index (χ1) is 9.59. The summed E-state index contributed by atoms with van der Waals surface area (Å²) in [5, 5.41) is 13.0. The van der Waals surface area contributed by atoms with Gasteiger partial charge in [0, 0.05) is 12.6 Å². The Morgan fingerprint density at radius 2 is 1.60 bits per heavy atom. The van der Waals surface area contributed by atoms with Crippen molar-refractivity contribution in [2.75, 3.05) is 6.54 Å². The minimum atomic E-state index is -1.22. The molecule has 2 rings (SSSR count). The van der Waals surface area contributed by atoms with E-state index in [1.807, 2.05) is 37.3 Å². The Balaban J connectivity index is 2.00. The maximum Gasteiger partial charge on any atom is 0.131 e. The van der Waals surface area contributed by atoms with Gasteiger partial charge in [0.25, 0.3) is 0 Å². The molecular weight excluding hydrogens is 260 g/mol. The van der Waals surface area contributed by atoms with Crippen LogP contribution < -0.4 is 5.32 Å². The molecule has 0 aliphatic carbocycles. The van der Waals surface area contributed by atoms with Gasteiger partial charge in [-0.05, 0) is 24.6 Å². The SMILES string of the molecule is CC(NCC(O)c1c(F)cccc1F)c1ccccc1. The van der Waals surface area contributed by atoms with E-state index in [4.69, 9.17) is 0 Å². The molecule has 0 spiro atoms. The third-order valence-electron chi connectivity index (χ3n) is 3.25. The number of hydrogen-bond acceptors (Lipinski definition) is 2. The third kappa shape index (κ3) is 3.40. The second kappa shape index (κ2) is 6.59. The molecule has 4 heteroatoms. The van der Waals surface area contributed by atoms with E-state index in [2.05, 4.69) is 5.32 Å². The van der Waals surface area contributed by atoms with Crippen molar-refractivity contribution in [1.82, 2.24) is 5.32 Å². The van der Waals surface area contributed by atoms with Crippen molar-refractivity contribution in [3.63, 3.8) is 0 Å². The van der Waals surface area contributed by atoms with Crippen molar-refractivity contribution in [1.29, 1.82) is 0 Å². The highest BCUT2D eigenvalue weighted by molar-refractivity contribution is 5.23. The molecule has 20 heavy (non-hydrogen) atoms. The fraction of sp³-hybridized carbons (Fsp3) is 0.250. The molecule has 0 aliphatic heterocycles. The van der Waals surface area contributed by atoms with Gasteiger partial charge in [0.15, 0.2) is 0 Å². The van der Waals surface area contributed by atoms with Crippen LogP contribution in [-0.4, -0.2) is 11.7 Å². The number of halogens is 2. The standard InChI is InChI=1S/C16H17F2NO/c1-11(12-6-3-2-4-7-12)19-10-15(20)16-13(17)8-5-9-14(16)18/h2-9,11,15,19-20H,10H2,1H3. The molecule has 0 radical (unpaired) electrons. The van der Waals surface area contributed by atoms with Gasteiger partial charge < -0.3 is 10.4 Å². The zero-order chi connectivity index (χ0) is 14.5. The minimum absolute atomic E-state index is 0.0133. The maximum atomic E-state index is 13.5. The molecule has 2 aromatic rings. The number of nitrogens with one attached hydrogen (secondary N) is 1. The molecular formula is C16H17F2NO. The van der Waals surface area contributed by atoms with E-state index in [0.29, 0.717) is 0 Å². The van der Waals surface area contributed by atoms with Gasteiger partial charge in [-0.3, -0.25) is 0 Å². The average molecular weight is 277 g/mol. The lowest BCUT2D eigenvalue weighted by molar-refractivity contribution is 0.161. The van der Waals surface area contributed by atoms with Crippen LogP contribution in [0.5, 0.6) is 0 Å². The smallest absolute Gasteiger partial charge is 0.131 e. The Labute approximate surface area is 117 Å². The number of benzene rings is 2. The first-order valence-electron chi connectivity index (χ1n) is 6.50. The van der Waals surface area contributed by atoms with Crippen LogP contribution in [0.4, 0.5) is 8.78 Å². The van der Waals surface area contributed by atoms with Crippen molar-refractivity contribution in [2.45, 2.75) is 19.1 Å². The Hall–Kier alpha value is -1.78. The van der Waals surface area contributed by atoms with E-state index in [0.717, 1.165) is 17.7 Å². The fourth-order valence-corrected chi connectivity index (χ4v) is 2.08.